The number of rotatable bonds is 2. The van der Waals surface area contributed by atoms with Crippen LogP contribution in [0.4, 0.5) is 5.69 Å². The molecule has 0 aromatic heterocycles. The molecule has 0 aliphatic rings. The highest BCUT2D eigenvalue weighted by molar-refractivity contribution is 7.80. The Hall–Kier alpha value is -0.830. The summed E-state index contributed by atoms with van der Waals surface area (Å²) in [7, 11) is 0. The lowest BCUT2D eigenvalue weighted by Crippen LogP contribution is -2.07. The molecular formula is C9H13NOS. The van der Waals surface area contributed by atoms with Crippen molar-refractivity contribution < 1.29 is 4.74 Å². The third-order valence-electron chi connectivity index (χ3n) is 1.36. The van der Waals surface area contributed by atoms with E-state index in [4.69, 9.17) is 10.5 Å². The minimum Gasteiger partial charge on any atom is -0.489 e. The summed E-state index contributed by atoms with van der Waals surface area (Å²) in [6.07, 6.45) is 0.151. The summed E-state index contributed by atoms with van der Waals surface area (Å²) in [5.41, 5.74) is 6.33. The van der Waals surface area contributed by atoms with Gasteiger partial charge < -0.3 is 10.5 Å². The fourth-order valence-corrected chi connectivity index (χ4v) is 1.11. The van der Waals surface area contributed by atoms with Crippen LogP contribution in [0.5, 0.6) is 5.75 Å². The highest BCUT2D eigenvalue weighted by Gasteiger charge is 2.01. The van der Waals surface area contributed by atoms with Crippen molar-refractivity contribution in [3.63, 3.8) is 0 Å². The van der Waals surface area contributed by atoms with Crippen molar-refractivity contribution in [1.29, 1.82) is 0 Å². The van der Waals surface area contributed by atoms with Gasteiger partial charge in [-0.25, -0.2) is 0 Å². The van der Waals surface area contributed by atoms with Crippen molar-refractivity contribution >= 4 is 18.3 Å². The van der Waals surface area contributed by atoms with Crippen molar-refractivity contribution in [2.45, 2.75) is 24.8 Å². The molecule has 0 radical (unpaired) electrons. The van der Waals surface area contributed by atoms with E-state index in [1.165, 1.54) is 0 Å². The number of hydrogen-bond donors (Lipinski definition) is 2. The maximum Gasteiger partial charge on any atom is 0.142 e. The molecule has 0 saturated carbocycles. The molecule has 2 N–H and O–H groups in total. The van der Waals surface area contributed by atoms with Crippen molar-refractivity contribution in [3.05, 3.63) is 18.2 Å². The van der Waals surface area contributed by atoms with E-state index in [-0.39, 0.29) is 6.10 Å². The van der Waals surface area contributed by atoms with Gasteiger partial charge in [-0.15, -0.1) is 12.6 Å². The molecule has 0 aliphatic carbocycles. The standard InChI is InChI=1S/C9H13NOS/c1-6(2)11-9-4-3-7(12)5-8(9)10/h3-6,12H,10H2,1-2H3. The third-order valence-corrected chi connectivity index (χ3v) is 1.63. The van der Waals surface area contributed by atoms with Crippen molar-refractivity contribution in [2.75, 3.05) is 5.73 Å². The van der Waals surface area contributed by atoms with Crippen LogP contribution in [0.25, 0.3) is 0 Å². The molecule has 0 aliphatic heterocycles. The van der Waals surface area contributed by atoms with Crippen LogP contribution in [-0.2, 0) is 0 Å². The van der Waals surface area contributed by atoms with Crippen LogP contribution in [0.3, 0.4) is 0 Å². The van der Waals surface area contributed by atoms with Gasteiger partial charge in [0.25, 0.3) is 0 Å². The highest BCUT2D eigenvalue weighted by atomic mass is 32.1. The quantitative estimate of drug-likeness (QED) is 0.545. The fraction of sp³-hybridized carbons (Fsp3) is 0.333. The minimum atomic E-state index is 0.151. The van der Waals surface area contributed by atoms with Gasteiger partial charge in [-0.3, -0.25) is 0 Å². The van der Waals surface area contributed by atoms with Crippen LogP contribution in [0.2, 0.25) is 0 Å². The Kier molecular flexibility index (Phi) is 2.87. The average Bonchev–Trinajstić information content (AvgIpc) is 1.94. The second kappa shape index (κ2) is 3.72. The summed E-state index contributed by atoms with van der Waals surface area (Å²) < 4.78 is 5.44. The fourth-order valence-electron chi connectivity index (χ4n) is 0.897. The molecule has 0 atom stereocenters. The van der Waals surface area contributed by atoms with Crippen LogP contribution in [-0.4, -0.2) is 6.10 Å². The third kappa shape index (κ3) is 2.34. The van der Waals surface area contributed by atoms with Gasteiger partial charge in [-0.1, -0.05) is 0 Å². The number of nitrogen functional groups attached to an aromatic ring is 1. The number of ether oxygens (including phenoxy) is 1. The Balaban J connectivity index is 2.86. The van der Waals surface area contributed by atoms with Crippen molar-refractivity contribution in [2.24, 2.45) is 0 Å². The summed E-state index contributed by atoms with van der Waals surface area (Å²) in [6, 6.07) is 5.47. The number of hydrogen-bond acceptors (Lipinski definition) is 3. The Morgan fingerprint density at radius 1 is 1.42 bits per heavy atom. The van der Waals surface area contributed by atoms with Gasteiger partial charge in [0.1, 0.15) is 5.75 Å². The van der Waals surface area contributed by atoms with Gasteiger partial charge in [0.15, 0.2) is 0 Å². The summed E-state index contributed by atoms with van der Waals surface area (Å²) in [5, 5.41) is 0. The first kappa shape index (κ1) is 9.26. The Labute approximate surface area is 78.1 Å². The molecule has 0 saturated heterocycles. The Bertz CT molecular complexity index is 273. The second-order valence-electron chi connectivity index (χ2n) is 2.89. The van der Waals surface area contributed by atoms with Crippen LogP contribution in [0.15, 0.2) is 23.1 Å². The molecule has 66 valence electrons. The van der Waals surface area contributed by atoms with E-state index < -0.39 is 0 Å². The number of thiol groups is 1. The largest absolute Gasteiger partial charge is 0.489 e. The van der Waals surface area contributed by atoms with Crippen molar-refractivity contribution in [1.82, 2.24) is 0 Å². The van der Waals surface area contributed by atoms with E-state index in [9.17, 15) is 0 Å². The zero-order valence-corrected chi connectivity index (χ0v) is 8.14. The van der Waals surface area contributed by atoms with Gasteiger partial charge in [-0.05, 0) is 32.0 Å². The Morgan fingerprint density at radius 3 is 2.58 bits per heavy atom. The van der Waals surface area contributed by atoms with Crippen molar-refractivity contribution in [3.8, 4) is 5.75 Å². The summed E-state index contributed by atoms with van der Waals surface area (Å²) in [4.78, 5) is 0.851. The van der Waals surface area contributed by atoms with Gasteiger partial charge in [0.05, 0.1) is 11.8 Å². The molecule has 1 aromatic carbocycles. The van der Waals surface area contributed by atoms with Crippen LogP contribution in [0, 0.1) is 0 Å². The lowest BCUT2D eigenvalue weighted by Gasteiger charge is -2.11. The van der Waals surface area contributed by atoms with Gasteiger partial charge in [-0.2, -0.15) is 0 Å². The van der Waals surface area contributed by atoms with E-state index in [0.29, 0.717) is 5.69 Å². The smallest absolute Gasteiger partial charge is 0.142 e. The van der Waals surface area contributed by atoms with Crippen LogP contribution >= 0.6 is 12.6 Å². The van der Waals surface area contributed by atoms with Gasteiger partial charge in [0.2, 0.25) is 0 Å². The molecule has 1 aromatic rings. The monoisotopic (exact) mass is 183 g/mol. The van der Waals surface area contributed by atoms with E-state index in [1.54, 1.807) is 6.07 Å². The normalized spacial score (nSPS) is 10.3. The molecule has 2 nitrogen and oxygen atoms in total. The molecule has 0 heterocycles. The maximum atomic E-state index is 5.70. The lowest BCUT2D eigenvalue weighted by atomic mass is 10.3. The first-order valence-electron chi connectivity index (χ1n) is 3.84. The van der Waals surface area contributed by atoms with E-state index in [2.05, 4.69) is 12.6 Å². The lowest BCUT2D eigenvalue weighted by molar-refractivity contribution is 0.243. The maximum absolute atomic E-state index is 5.70. The highest BCUT2D eigenvalue weighted by Crippen LogP contribution is 2.24. The number of nitrogens with two attached hydrogens (primary N) is 1. The molecule has 1 rings (SSSR count). The van der Waals surface area contributed by atoms with Crippen LogP contribution in [0.1, 0.15) is 13.8 Å². The molecule has 0 spiro atoms. The Morgan fingerprint density at radius 2 is 2.08 bits per heavy atom. The summed E-state index contributed by atoms with van der Waals surface area (Å²) in [5.74, 6) is 0.725. The average molecular weight is 183 g/mol. The molecule has 0 fully saturated rings. The topological polar surface area (TPSA) is 35.2 Å². The zero-order valence-electron chi connectivity index (χ0n) is 7.24. The molecule has 3 heteroatoms. The zero-order chi connectivity index (χ0) is 9.14. The molecule has 12 heavy (non-hydrogen) atoms. The van der Waals surface area contributed by atoms with Gasteiger partial charge >= 0.3 is 0 Å². The molecular weight excluding hydrogens is 170 g/mol. The predicted octanol–water partition coefficient (Wildman–Crippen LogP) is 2.34. The molecule has 0 amide bonds. The second-order valence-corrected chi connectivity index (χ2v) is 3.41. The minimum absolute atomic E-state index is 0.151. The number of anilines is 1. The van der Waals surface area contributed by atoms with Crippen LogP contribution < -0.4 is 10.5 Å². The van der Waals surface area contributed by atoms with E-state index >= 15 is 0 Å². The summed E-state index contributed by atoms with van der Waals surface area (Å²) in [6.45, 7) is 3.93. The predicted molar refractivity (Wildman–Crippen MR) is 53.9 cm³/mol. The van der Waals surface area contributed by atoms with Gasteiger partial charge in [0, 0.05) is 4.90 Å². The van der Waals surface area contributed by atoms with E-state index in [1.807, 2.05) is 26.0 Å². The molecule has 0 unspecified atom stereocenters. The first-order chi connectivity index (χ1) is 5.59. The summed E-state index contributed by atoms with van der Waals surface area (Å²) >= 11 is 4.16. The first-order valence-corrected chi connectivity index (χ1v) is 4.29. The van der Waals surface area contributed by atoms with E-state index in [0.717, 1.165) is 10.6 Å². The SMILES string of the molecule is CC(C)Oc1ccc(S)cc1N. The molecule has 0 bridgehead atoms. The number of benzene rings is 1.